The van der Waals surface area contributed by atoms with Gasteiger partial charge >= 0.3 is 0 Å². The van der Waals surface area contributed by atoms with E-state index in [0.29, 0.717) is 17.4 Å². The monoisotopic (exact) mass is 280 g/mol. The van der Waals surface area contributed by atoms with Gasteiger partial charge in [-0.2, -0.15) is 0 Å². The van der Waals surface area contributed by atoms with E-state index in [2.05, 4.69) is 0 Å². The number of carbonyl (C=O) groups is 1. The van der Waals surface area contributed by atoms with Gasteiger partial charge in [0.05, 0.1) is 6.42 Å². The highest BCUT2D eigenvalue weighted by Crippen LogP contribution is 2.20. The van der Waals surface area contributed by atoms with E-state index in [-0.39, 0.29) is 5.91 Å². The summed E-state index contributed by atoms with van der Waals surface area (Å²) in [6.07, 6.45) is 3.73. The van der Waals surface area contributed by atoms with Crippen molar-refractivity contribution >= 4 is 17.5 Å². The molecule has 2 rings (SSSR count). The second-order valence-electron chi connectivity index (χ2n) is 5.20. The summed E-state index contributed by atoms with van der Waals surface area (Å²) in [7, 11) is 0. The molecule has 1 fully saturated rings. The molecule has 0 saturated carbocycles. The van der Waals surface area contributed by atoms with Crippen molar-refractivity contribution in [1.29, 1.82) is 0 Å². The molecule has 1 heterocycles. The molecule has 0 bridgehead atoms. The summed E-state index contributed by atoms with van der Waals surface area (Å²) in [5.41, 5.74) is 6.60. The maximum atomic E-state index is 12.2. The molecule has 1 aromatic carbocycles. The molecule has 4 heteroatoms. The van der Waals surface area contributed by atoms with Crippen molar-refractivity contribution in [3.63, 3.8) is 0 Å². The first-order chi connectivity index (χ1) is 9.19. The minimum atomic E-state index is 0.216. The normalized spacial score (nSPS) is 16.6. The maximum Gasteiger partial charge on any atom is 0.226 e. The van der Waals surface area contributed by atoms with E-state index in [1.807, 2.05) is 29.2 Å². The Bertz CT molecular complexity index is 411. The van der Waals surface area contributed by atoms with Crippen molar-refractivity contribution in [3.05, 3.63) is 34.9 Å². The molecule has 0 aromatic heterocycles. The second-order valence-corrected chi connectivity index (χ2v) is 5.64. The fraction of sp³-hybridized carbons (Fsp3) is 0.533. The summed E-state index contributed by atoms with van der Waals surface area (Å²) in [5.74, 6) is 0.915. The van der Waals surface area contributed by atoms with Crippen LogP contribution in [-0.2, 0) is 11.2 Å². The van der Waals surface area contributed by atoms with Gasteiger partial charge in [0, 0.05) is 18.1 Å². The fourth-order valence-corrected chi connectivity index (χ4v) is 2.72. The zero-order valence-corrected chi connectivity index (χ0v) is 11.9. The smallest absolute Gasteiger partial charge is 0.226 e. The Morgan fingerprint density at radius 2 is 1.89 bits per heavy atom. The zero-order valence-electron chi connectivity index (χ0n) is 11.1. The van der Waals surface area contributed by atoms with Crippen molar-refractivity contribution in [1.82, 2.24) is 4.90 Å². The fourth-order valence-electron chi connectivity index (χ4n) is 2.60. The van der Waals surface area contributed by atoms with Crippen LogP contribution < -0.4 is 5.73 Å². The number of hydrogen-bond donors (Lipinski definition) is 1. The molecule has 1 aromatic rings. The lowest BCUT2D eigenvalue weighted by Gasteiger charge is -2.32. The Balaban J connectivity index is 1.83. The van der Waals surface area contributed by atoms with Crippen molar-refractivity contribution in [3.8, 4) is 0 Å². The first-order valence-corrected chi connectivity index (χ1v) is 7.29. The van der Waals surface area contributed by atoms with E-state index < -0.39 is 0 Å². The molecule has 1 aliphatic rings. The van der Waals surface area contributed by atoms with Gasteiger partial charge in [-0.15, -0.1) is 0 Å². The summed E-state index contributed by atoms with van der Waals surface area (Å²) in [5, 5.41) is 0.707. The predicted molar refractivity (Wildman–Crippen MR) is 78.1 cm³/mol. The molecule has 1 aliphatic heterocycles. The first kappa shape index (κ1) is 14.4. The molecular formula is C15H21ClN2O. The Morgan fingerprint density at radius 1 is 1.26 bits per heavy atom. The summed E-state index contributed by atoms with van der Waals surface area (Å²) in [6.45, 7) is 2.50. The Labute approximate surface area is 119 Å². The SMILES string of the molecule is NCCC1CCN(C(=O)Cc2ccc(Cl)cc2)CC1. The van der Waals surface area contributed by atoms with Crippen LogP contribution in [0, 0.1) is 5.92 Å². The van der Waals surface area contributed by atoms with Gasteiger partial charge in [0.25, 0.3) is 0 Å². The van der Waals surface area contributed by atoms with E-state index in [1.165, 1.54) is 0 Å². The van der Waals surface area contributed by atoms with Gasteiger partial charge < -0.3 is 10.6 Å². The third kappa shape index (κ3) is 4.22. The molecule has 19 heavy (non-hydrogen) atoms. The van der Waals surface area contributed by atoms with Crippen molar-refractivity contribution in [2.75, 3.05) is 19.6 Å². The Kier molecular flexibility index (Phi) is 5.23. The van der Waals surface area contributed by atoms with E-state index in [9.17, 15) is 4.79 Å². The second kappa shape index (κ2) is 6.92. The molecule has 0 radical (unpaired) electrons. The molecule has 0 unspecified atom stereocenters. The highest BCUT2D eigenvalue weighted by Gasteiger charge is 2.22. The number of hydrogen-bond acceptors (Lipinski definition) is 2. The summed E-state index contributed by atoms with van der Waals surface area (Å²) >= 11 is 5.84. The quantitative estimate of drug-likeness (QED) is 0.921. The number of benzene rings is 1. The van der Waals surface area contributed by atoms with Crippen LogP contribution in [0.4, 0.5) is 0 Å². The van der Waals surface area contributed by atoms with E-state index in [0.717, 1.165) is 44.5 Å². The van der Waals surface area contributed by atoms with Crippen LogP contribution in [0.5, 0.6) is 0 Å². The van der Waals surface area contributed by atoms with Gasteiger partial charge in [-0.05, 0) is 49.4 Å². The average Bonchev–Trinajstić information content (AvgIpc) is 2.42. The number of piperidine rings is 1. The first-order valence-electron chi connectivity index (χ1n) is 6.91. The van der Waals surface area contributed by atoms with E-state index >= 15 is 0 Å². The minimum Gasteiger partial charge on any atom is -0.342 e. The molecule has 104 valence electrons. The highest BCUT2D eigenvalue weighted by molar-refractivity contribution is 6.30. The zero-order chi connectivity index (χ0) is 13.7. The minimum absolute atomic E-state index is 0.216. The van der Waals surface area contributed by atoms with Gasteiger partial charge in [-0.1, -0.05) is 23.7 Å². The van der Waals surface area contributed by atoms with Crippen LogP contribution in [0.25, 0.3) is 0 Å². The van der Waals surface area contributed by atoms with Crippen LogP contribution in [0.1, 0.15) is 24.8 Å². The Hall–Kier alpha value is -1.06. The number of rotatable bonds is 4. The van der Waals surface area contributed by atoms with Crippen LogP contribution in [-0.4, -0.2) is 30.4 Å². The van der Waals surface area contributed by atoms with Crippen LogP contribution in [0.2, 0.25) is 5.02 Å². The molecule has 1 amide bonds. The predicted octanol–water partition coefficient (Wildman–Crippen LogP) is 2.47. The van der Waals surface area contributed by atoms with Gasteiger partial charge in [0.2, 0.25) is 5.91 Å². The lowest BCUT2D eigenvalue weighted by molar-refractivity contribution is -0.131. The number of nitrogens with two attached hydrogens (primary N) is 1. The van der Waals surface area contributed by atoms with Crippen LogP contribution in [0.15, 0.2) is 24.3 Å². The maximum absolute atomic E-state index is 12.2. The Morgan fingerprint density at radius 3 is 2.47 bits per heavy atom. The van der Waals surface area contributed by atoms with Crippen LogP contribution in [0.3, 0.4) is 0 Å². The molecule has 0 atom stereocenters. The molecule has 0 spiro atoms. The summed E-state index contributed by atoms with van der Waals surface area (Å²) < 4.78 is 0. The van der Waals surface area contributed by atoms with Crippen molar-refractivity contribution in [2.45, 2.75) is 25.7 Å². The lowest BCUT2D eigenvalue weighted by Crippen LogP contribution is -2.39. The lowest BCUT2D eigenvalue weighted by atomic mass is 9.93. The highest BCUT2D eigenvalue weighted by atomic mass is 35.5. The van der Waals surface area contributed by atoms with Gasteiger partial charge in [0.15, 0.2) is 0 Å². The summed E-state index contributed by atoms with van der Waals surface area (Å²) in [6, 6.07) is 7.50. The van der Waals surface area contributed by atoms with Crippen LogP contribution >= 0.6 is 11.6 Å². The number of nitrogens with zero attached hydrogens (tertiary/aromatic N) is 1. The molecule has 0 aliphatic carbocycles. The molecule has 2 N–H and O–H groups in total. The van der Waals surface area contributed by atoms with Gasteiger partial charge in [-0.25, -0.2) is 0 Å². The molecule has 1 saturated heterocycles. The molecular weight excluding hydrogens is 260 g/mol. The topological polar surface area (TPSA) is 46.3 Å². The number of carbonyl (C=O) groups excluding carboxylic acids is 1. The van der Waals surface area contributed by atoms with Gasteiger partial charge in [0.1, 0.15) is 0 Å². The van der Waals surface area contributed by atoms with Gasteiger partial charge in [-0.3, -0.25) is 4.79 Å². The van der Waals surface area contributed by atoms with E-state index in [1.54, 1.807) is 0 Å². The van der Waals surface area contributed by atoms with Crippen molar-refractivity contribution < 1.29 is 4.79 Å². The average molecular weight is 281 g/mol. The third-order valence-electron chi connectivity index (χ3n) is 3.81. The molecule has 3 nitrogen and oxygen atoms in total. The third-order valence-corrected chi connectivity index (χ3v) is 4.06. The number of amides is 1. The largest absolute Gasteiger partial charge is 0.342 e. The standard InChI is InChI=1S/C15H21ClN2O/c16-14-3-1-13(2-4-14)11-15(19)18-9-6-12(5-8-17)7-10-18/h1-4,12H,5-11,17H2. The van der Waals surface area contributed by atoms with Crippen molar-refractivity contribution in [2.24, 2.45) is 11.7 Å². The summed E-state index contributed by atoms with van der Waals surface area (Å²) in [4.78, 5) is 14.2. The van der Waals surface area contributed by atoms with E-state index in [4.69, 9.17) is 17.3 Å². The number of likely N-dealkylation sites (tertiary alicyclic amines) is 1. The number of halogens is 1.